The molecule has 1 aromatic heterocycles. The number of aromatic nitrogens is 2. The van der Waals surface area contributed by atoms with Crippen LogP contribution in [0.15, 0.2) is 6.07 Å². The Hall–Kier alpha value is -1.36. The van der Waals surface area contributed by atoms with Crippen LogP contribution in [-0.2, 0) is 17.9 Å². The quantitative estimate of drug-likeness (QED) is 0.763. The fourth-order valence-corrected chi connectivity index (χ4v) is 1.70. The first-order valence-corrected chi connectivity index (χ1v) is 6.53. The van der Waals surface area contributed by atoms with E-state index in [9.17, 15) is 4.79 Å². The number of carbonyl (C=O) groups excluding carboxylic acids is 1. The summed E-state index contributed by atoms with van der Waals surface area (Å²) in [6.07, 6.45) is 0. The highest BCUT2D eigenvalue weighted by Gasteiger charge is 2.05. The fraction of sp³-hybridized carbons (Fsp3) is 0.692. The highest BCUT2D eigenvalue weighted by atomic mass is 16.1. The van der Waals surface area contributed by atoms with Crippen molar-refractivity contribution in [1.82, 2.24) is 20.4 Å². The largest absolute Gasteiger partial charge is 0.355 e. The van der Waals surface area contributed by atoms with Crippen LogP contribution in [0.1, 0.15) is 32.2 Å². The summed E-state index contributed by atoms with van der Waals surface area (Å²) in [4.78, 5) is 11.5. The molecule has 1 heterocycles. The number of hydrogen-bond donors (Lipinski definition) is 2. The predicted octanol–water partition coefficient (Wildman–Crippen LogP) is 1.07. The summed E-state index contributed by atoms with van der Waals surface area (Å²) in [6, 6.07) is 2.04. The van der Waals surface area contributed by atoms with Gasteiger partial charge in [0.25, 0.3) is 0 Å². The molecule has 102 valence electrons. The fourth-order valence-electron chi connectivity index (χ4n) is 1.70. The van der Waals surface area contributed by atoms with Crippen molar-refractivity contribution < 1.29 is 4.79 Å². The molecular formula is C13H24N4O. The van der Waals surface area contributed by atoms with Crippen LogP contribution in [-0.4, -0.2) is 28.8 Å². The highest BCUT2D eigenvalue weighted by molar-refractivity contribution is 5.77. The van der Waals surface area contributed by atoms with Gasteiger partial charge in [0.05, 0.1) is 17.9 Å². The van der Waals surface area contributed by atoms with Crippen molar-refractivity contribution in [2.24, 2.45) is 5.92 Å². The molecule has 5 heteroatoms. The van der Waals surface area contributed by atoms with E-state index in [1.165, 1.54) is 0 Å². The van der Waals surface area contributed by atoms with E-state index in [1.807, 2.05) is 17.7 Å². The zero-order chi connectivity index (χ0) is 13.5. The van der Waals surface area contributed by atoms with Crippen LogP contribution in [0.3, 0.4) is 0 Å². The molecule has 1 aromatic rings. The highest BCUT2D eigenvalue weighted by Crippen LogP contribution is 2.02. The van der Waals surface area contributed by atoms with Crippen molar-refractivity contribution in [3.05, 3.63) is 17.5 Å². The molecule has 0 aliphatic carbocycles. The number of aryl methyl sites for hydroxylation is 2. The summed E-state index contributed by atoms with van der Waals surface area (Å²) in [7, 11) is 0. The van der Waals surface area contributed by atoms with Gasteiger partial charge in [-0.25, -0.2) is 0 Å². The van der Waals surface area contributed by atoms with E-state index in [0.717, 1.165) is 24.5 Å². The lowest BCUT2D eigenvalue weighted by atomic mass is 10.2. The van der Waals surface area contributed by atoms with E-state index < -0.39 is 0 Å². The Morgan fingerprint density at radius 2 is 2.22 bits per heavy atom. The van der Waals surface area contributed by atoms with Gasteiger partial charge in [0.1, 0.15) is 0 Å². The van der Waals surface area contributed by atoms with Crippen molar-refractivity contribution in [2.75, 3.05) is 13.1 Å². The van der Waals surface area contributed by atoms with E-state index in [2.05, 4.69) is 36.5 Å². The van der Waals surface area contributed by atoms with Gasteiger partial charge >= 0.3 is 0 Å². The average molecular weight is 252 g/mol. The molecule has 2 N–H and O–H groups in total. The molecule has 1 rings (SSSR count). The summed E-state index contributed by atoms with van der Waals surface area (Å²) in [5.74, 6) is 0.529. The van der Waals surface area contributed by atoms with E-state index in [4.69, 9.17) is 0 Å². The Morgan fingerprint density at radius 3 is 2.83 bits per heavy atom. The van der Waals surface area contributed by atoms with Gasteiger partial charge in [-0.15, -0.1) is 0 Å². The third-order valence-corrected chi connectivity index (χ3v) is 2.58. The number of nitrogens with zero attached hydrogens (tertiary/aromatic N) is 2. The molecule has 0 atom stereocenters. The zero-order valence-corrected chi connectivity index (χ0v) is 11.8. The topological polar surface area (TPSA) is 59.0 Å². The Labute approximate surface area is 109 Å². The molecule has 0 saturated carbocycles. The lowest BCUT2D eigenvalue weighted by molar-refractivity contribution is -0.120. The standard InChI is InChI=1S/C13H24N4O/c1-5-17-12(6-11(4)16-17)8-14-9-13(18)15-7-10(2)3/h6,10,14H,5,7-9H2,1-4H3,(H,15,18). The smallest absolute Gasteiger partial charge is 0.233 e. The van der Waals surface area contributed by atoms with Crippen LogP contribution >= 0.6 is 0 Å². The molecule has 0 aliphatic heterocycles. The minimum absolute atomic E-state index is 0.0444. The van der Waals surface area contributed by atoms with E-state index in [-0.39, 0.29) is 5.91 Å². The number of carbonyl (C=O) groups is 1. The summed E-state index contributed by atoms with van der Waals surface area (Å²) in [5, 5.41) is 10.4. The molecule has 0 radical (unpaired) electrons. The van der Waals surface area contributed by atoms with Crippen LogP contribution in [0.25, 0.3) is 0 Å². The Bertz CT molecular complexity index is 384. The first-order chi connectivity index (χ1) is 8.52. The molecule has 5 nitrogen and oxygen atoms in total. The van der Waals surface area contributed by atoms with Crippen molar-refractivity contribution in [3.8, 4) is 0 Å². The second kappa shape index (κ2) is 7.16. The molecule has 1 amide bonds. The first-order valence-electron chi connectivity index (χ1n) is 6.53. The van der Waals surface area contributed by atoms with Gasteiger partial charge in [-0.3, -0.25) is 9.48 Å². The van der Waals surface area contributed by atoms with E-state index in [1.54, 1.807) is 0 Å². The number of rotatable bonds is 7. The van der Waals surface area contributed by atoms with E-state index >= 15 is 0 Å². The van der Waals surface area contributed by atoms with Gasteiger partial charge in [-0.2, -0.15) is 5.10 Å². The van der Waals surface area contributed by atoms with Gasteiger partial charge in [-0.05, 0) is 25.8 Å². The minimum atomic E-state index is 0.0444. The summed E-state index contributed by atoms with van der Waals surface area (Å²) in [5.41, 5.74) is 2.13. The lowest BCUT2D eigenvalue weighted by Crippen LogP contribution is -2.35. The molecular weight excluding hydrogens is 228 g/mol. The SMILES string of the molecule is CCn1nc(C)cc1CNCC(=O)NCC(C)C. The summed E-state index contributed by atoms with van der Waals surface area (Å²) >= 11 is 0. The maximum absolute atomic E-state index is 11.5. The van der Waals surface area contributed by atoms with Crippen molar-refractivity contribution in [2.45, 2.75) is 40.8 Å². The van der Waals surface area contributed by atoms with E-state index in [0.29, 0.717) is 19.0 Å². The zero-order valence-electron chi connectivity index (χ0n) is 11.8. The molecule has 0 spiro atoms. The van der Waals surface area contributed by atoms with Gasteiger partial charge in [-0.1, -0.05) is 13.8 Å². The Morgan fingerprint density at radius 1 is 1.50 bits per heavy atom. The van der Waals surface area contributed by atoms with Gasteiger partial charge in [0.15, 0.2) is 0 Å². The van der Waals surface area contributed by atoms with Crippen LogP contribution in [0, 0.1) is 12.8 Å². The maximum Gasteiger partial charge on any atom is 0.233 e. The average Bonchev–Trinajstić information content (AvgIpc) is 2.67. The Balaban J connectivity index is 2.30. The van der Waals surface area contributed by atoms with Crippen molar-refractivity contribution in [1.29, 1.82) is 0 Å². The number of hydrogen-bond acceptors (Lipinski definition) is 3. The summed E-state index contributed by atoms with van der Waals surface area (Å²) < 4.78 is 1.95. The van der Waals surface area contributed by atoms with Crippen LogP contribution < -0.4 is 10.6 Å². The molecule has 0 fully saturated rings. The molecule has 0 aromatic carbocycles. The molecule has 0 saturated heterocycles. The summed E-state index contributed by atoms with van der Waals surface area (Å²) in [6.45, 7) is 10.8. The third kappa shape index (κ3) is 4.87. The molecule has 0 bridgehead atoms. The molecule has 0 unspecified atom stereocenters. The van der Waals surface area contributed by atoms with Gasteiger partial charge in [0.2, 0.25) is 5.91 Å². The second-order valence-electron chi connectivity index (χ2n) is 4.89. The molecule has 18 heavy (non-hydrogen) atoms. The number of nitrogens with one attached hydrogen (secondary N) is 2. The van der Waals surface area contributed by atoms with Gasteiger partial charge in [0, 0.05) is 19.6 Å². The Kier molecular flexibility index (Phi) is 5.85. The minimum Gasteiger partial charge on any atom is -0.355 e. The van der Waals surface area contributed by atoms with Crippen molar-refractivity contribution in [3.63, 3.8) is 0 Å². The monoisotopic (exact) mass is 252 g/mol. The van der Waals surface area contributed by atoms with Gasteiger partial charge < -0.3 is 10.6 Å². The normalized spacial score (nSPS) is 10.9. The lowest BCUT2D eigenvalue weighted by Gasteiger charge is -2.09. The van der Waals surface area contributed by atoms with Crippen LogP contribution in [0.4, 0.5) is 0 Å². The first kappa shape index (κ1) is 14.7. The predicted molar refractivity (Wildman–Crippen MR) is 72.2 cm³/mol. The third-order valence-electron chi connectivity index (χ3n) is 2.58. The maximum atomic E-state index is 11.5. The van der Waals surface area contributed by atoms with Crippen molar-refractivity contribution >= 4 is 5.91 Å². The second-order valence-corrected chi connectivity index (χ2v) is 4.89. The van der Waals surface area contributed by atoms with Crippen LogP contribution in [0.5, 0.6) is 0 Å². The number of amides is 1. The van der Waals surface area contributed by atoms with Crippen LogP contribution in [0.2, 0.25) is 0 Å². The molecule has 0 aliphatic rings.